The molecule has 0 saturated carbocycles. The Morgan fingerprint density at radius 3 is 2.19 bits per heavy atom. The van der Waals surface area contributed by atoms with Crippen molar-refractivity contribution in [3.63, 3.8) is 0 Å². The summed E-state index contributed by atoms with van der Waals surface area (Å²) in [7, 11) is 2.02. The number of hydrogen-bond donors (Lipinski definition) is 0. The standard InChI is InChI=1S/C14H12N2/c1-15-11-16(12-7-3-2-4-8-12)14-10-6-5-9-13(14)15/h2-10H,1H3/q+2. The van der Waals surface area contributed by atoms with E-state index in [-0.39, 0.29) is 0 Å². The molecule has 0 unspecified atom stereocenters. The largest absolute Gasteiger partial charge is 0.496 e. The Morgan fingerprint density at radius 2 is 1.44 bits per heavy atom. The van der Waals surface area contributed by atoms with E-state index in [1.54, 1.807) is 0 Å². The smallest absolute Gasteiger partial charge is 0.0894 e. The van der Waals surface area contributed by atoms with E-state index < -0.39 is 0 Å². The first-order valence-electron chi connectivity index (χ1n) is 5.30. The monoisotopic (exact) mass is 208 g/mol. The summed E-state index contributed by atoms with van der Waals surface area (Å²) in [6.45, 7) is 0. The van der Waals surface area contributed by atoms with Gasteiger partial charge in [-0.25, -0.2) is 0 Å². The Labute approximate surface area is 94.4 Å². The van der Waals surface area contributed by atoms with Gasteiger partial charge in [-0.15, -0.1) is 0 Å². The van der Waals surface area contributed by atoms with Crippen LogP contribution in [0.1, 0.15) is 0 Å². The van der Waals surface area contributed by atoms with E-state index >= 15 is 0 Å². The van der Waals surface area contributed by atoms with Gasteiger partial charge in [-0.05, 0) is 4.58 Å². The van der Waals surface area contributed by atoms with Gasteiger partial charge in [0.15, 0.2) is 7.05 Å². The van der Waals surface area contributed by atoms with Gasteiger partial charge in [0, 0.05) is 24.3 Å². The van der Waals surface area contributed by atoms with Gasteiger partial charge in [0.05, 0.1) is 0 Å². The molecule has 0 aliphatic carbocycles. The minimum absolute atomic E-state index is 1.14. The van der Waals surface area contributed by atoms with E-state index in [0.29, 0.717) is 0 Å². The van der Waals surface area contributed by atoms with Crippen LogP contribution in [-0.2, 0) is 0 Å². The van der Waals surface area contributed by atoms with Gasteiger partial charge in [0.25, 0.3) is 11.4 Å². The maximum Gasteiger partial charge on any atom is 0.496 e. The van der Waals surface area contributed by atoms with Crippen molar-refractivity contribution >= 4 is 23.1 Å². The lowest BCUT2D eigenvalue weighted by Gasteiger charge is -1.92. The van der Waals surface area contributed by atoms with Crippen molar-refractivity contribution in [2.75, 3.05) is 7.05 Å². The second kappa shape index (κ2) is 3.44. The maximum absolute atomic E-state index is 3.30. The number of fused-ring (bicyclic) bond motifs is 1. The summed E-state index contributed by atoms with van der Waals surface area (Å²) in [5.41, 5.74) is 3.50. The van der Waals surface area contributed by atoms with E-state index in [9.17, 15) is 0 Å². The van der Waals surface area contributed by atoms with Crippen molar-refractivity contribution in [2.45, 2.75) is 0 Å². The van der Waals surface area contributed by atoms with E-state index in [1.165, 1.54) is 11.4 Å². The third-order valence-electron chi connectivity index (χ3n) is 2.75. The molecule has 0 radical (unpaired) electrons. The molecule has 0 bridgehead atoms. The molecule has 3 rings (SSSR count). The summed E-state index contributed by atoms with van der Waals surface area (Å²) < 4.78 is 4.09. The molecule has 0 saturated heterocycles. The molecule has 0 aromatic heterocycles. The Hall–Kier alpha value is -2.18. The lowest BCUT2D eigenvalue weighted by Crippen LogP contribution is -1.98. The zero-order chi connectivity index (χ0) is 11.0. The first-order chi connectivity index (χ1) is 7.86. The van der Waals surface area contributed by atoms with E-state index in [0.717, 1.165) is 5.69 Å². The first kappa shape index (κ1) is 9.08. The average molecular weight is 208 g/mol. The molecule has 0 atom stereocenters. The van der Waals surface area contributed by atoms with Gasteiger partial charge in [-0.2, -0.15) is 0 Å². The van der Waals surface area contributed by atoms with Crippen LogP contribution in [0.3, 0.4) is 0 Å². The van der Waals surface area contributed by atoms with Crippen LogP contribution >= 0.6 is 0 Å². The van der Waals surface area contributed by atoms with Crippen LogP contribution in [0.4, 0.5) is 17.1 Å². The van der Waals surface area contributed by atoms with Crippen LogP contribution in [0.2, 0.25) is 0 Å². The highest BCUT2D eigenvalue weighted by molar-refractivity contribution is 5.73. The number of hydrogen-bond acceptors (Lipinski definition) is 0. The predicted molar refractivity (Wildman–Crippen MR) is 65.2 cm³/mol. The average Bonchev–Trinajstić information content (AvgIpc) is 2.69. The van der Waals surface area contributed by atoms with E-state index in [2.05, 4.69) is 40.9 Å². The van der Waals surface area contributed by atoms with Crippen LogP contribution in [0.5, 0.6) is 0 Å². The van der Waals surface area contributed by atoms with Crippen molar-refractivity contribution < 1.29 is 4.58 Å². The van der Waals surface area contributed by atoms with Crippen LogP contribution in [0.15, 0.2) is 54.6 Å². The summed E-state index contributed by atoms with van der Waals surface area (Å²) >= 11 is 0. The van der Waals surface area contributed by atoms with Crippen LogP contribution in [-0.4, -0.2) is 17.6 Å². The fraction of sp³-hybridized carbons (Fsp3) is 0.0714. The van der Waals surface area contributed by atoms with Crippen molar-refractivity contribution in [3.05, 3.63) is 54.6 Å². The third kappa shape index (κ3) is 1.28. The van der Waals surface area contributed by atoms with Crippen molar-refractivity contribution in [3.8, 4) is 0 Å². The number of nitrogens with zero attached hydrogens (tertiary/aromatic N) is 2. The SMILES string of the molecule is C[N+]1=C=[N+](c2ccccc2)c2ccccc21. The molecule has 2 heteroatoms. The van der Waals surface area contributed by atoms with Crippen LogP contribution < -0.4 is 4.58 Å². The predicted octanol–water partition coefficient (Wildman–Crippen LogP) is 2.98. The van der Waals surface area contributed by atoms with Gasteiger partial charge in [-0.3, -0.25) is 0 Å². The normalized spacial score (nSPS) is 13.1. The van der Waals surface area contributed by atoms with Gasteiger partial charge < -0.3 is 0 Å². The highest BCUT2D eigenvalue weighted by Crippen LogP contribution is 2.31. The number of benzene rings is 2. The topological polar surface area (TPSA) is 6.02 Å². The van der Waals surface area contributed by atoms with Gasteiger partial charge in [0.1, 0.15) is 0 Å². The molecule has 0 N–H and O–H groups in total. The zero-order valence-electron chi connectivity index (χ0n) is 9.09. The fourth-order valence-electron chi connectivity index (χ4n) is 1.97. The summed E-state index contributed by atoms with van der Waals surface area (Å²) in [4.78, 5) is 0. The quantitative estimate of drug-likeness (QED) is 0.635. The zero-order valence-corrected chi connectivity index (χ0v) is 9.09. The summed E-state index contributed by atoms with van der Waals surface area (Å²) in [6.07, 6.45) is 0. The van der Waals surface area contributed by atoms with Crippen molar-refractivity contribution in [1.29, 1.82) is 0 Å². The molecule has 1 aliphatic heterocycles. The third-order valence-corrected chi connectivity index (χ3v) is 2.75. The molecular formula is C14H12N2+2. The molecule has 0 fully saturated rings. The Bertz CT molecular complexity index is 606. The molecule has 2 nitrogen and oxygen atoms in total. The Morgan fingerprint density at radius 1 is 0.812 bits per heavy atom. The van der Waals surface area contributed by atoms with Gasteiger partial charge in [-0.1, -0.05) is 34.9 Å². The molecule has 1 aliphatic rings. The molecule has 2 aromatic carbocycles. The fourth-order valence-corrected chi connectivity index (χ4v) is 1.97. The van der Waals surface area contributed by atoms with Gasteiger partial charge >= 0.3 is 6.01 Å². The molecule has 0 spiro atoms. The number of rotatable bonds is 1. The molecule has 1 heterocycles. The Kier molecular flexibility index (Phi) is 1.95. The molecule has 76 valence electrons. The molecular weight excluding hydrogens is 196 g/mol. The lowest BCUT2D eigenvalue weighted by molar-refractivity contribution is -0.394. The van der Waals surface area contributed by atoms with Crippen LogP contribution in [0.25, 0.3) is 0 Å². The number of para-hydroxylation sites is 3. The second-order valence-corrected chi connectivity index (χ2v) is 3.82. The summed E-state index contributed by atoms with van der Waals surface area (Å²) in [5, 5.41) is 0. The van der Waals surface area contributed by atoms with Crippen LogP contribution in [0, 0.1) is 0 Å². The van der Waals surface area contributed by atoms with E-state index in [4.69, 9.17) is 0 Å². The molecule has 2 aromatic rings. The maximum atomic E-state index is 3.30. The lowest BCUT2D eigenvalue weighted by atomic mass is 10.2. The molecule has 16 heavy (non-hydrogen) atoms. The highest BCUT2D eigenvalue weighted by atomic mass is 15.2. The van der Waals surface area contributed by atoms with Crippen molar-refractivity contribution in [2.24, 2.45) is 0 Å². The van der Waals surface area contributed by atoms with Crippen molar-refractivity contribution in [1.82, 2.24) is 4.58 Å². The highest BCUT2D eigenvalue weighted by Gasteiger charge is 2.31. The first-order valence-corrected chi connectivity index (χ1v) is 5.30. The second-order valence-electron chi connectivity index (χ2n) is 3.82. The minimum Gasteiger partial charge on any atom is -0.0894 e. The summed E-state index contributed by atoms with van der Waals surface area (Å²) in [5.74, 6) is 0. The molecule has 0 amide bonds. The summed E-state index contributed by atoms with van der Waals surface area (Å²) in [6, 6.07) is 21.9. The Balaban J connectivity index is 2.22. The van der Waals surface area contributed by atoms with Gasteiger partial charge in [0.2, 0.25) is 5.69 Å². The van der Waals surface area contributed by atoms with E-state index in [1.807, 2.05) is 35.9 Å². The minimum atomic E-state index is 1.14.